The van der Waals surface area contributed by atoms with Crippen LogP contribution in [0.5, 0.6) is 11.5 Å². The standard InChI is InChI=1S/C22H28N4O2/c1-15(11-17-12-16(22(23)24)5-6-21(17)27)14-26-18-3-2-4-20(13-18)28-19-7-9-25-10-8-19/h2-6,11-13,19,25-27H,7-10,14H2,1H3,(H3,23,24)/b15-11+. The molecular weight excluding hydrogens is 352 g/mol. The van der Waals surface area contributed by atoms with Crippen molar-refractivity contribution in [3.05, 3.63) is 59.2 Å². The van der Waals surface area contributed by atoms with E-state index in [-0.39, 0.29) is 17.7 Å². The SMILES string of the molecule is C/C(=C\c1cc(C(=N)N)ccc1O)CNc1cccc(OC2CCNCC2)c1. The van der Waals surface area contributed by atoms with Gasteiger partial charge in [0.15, 0.2) is 0 Å². The number of phenolic OH excluding ortho intramolecular Hbond substituents is 1. The van der Waals surface area contributed by atoms with Gasteiger partial charge < -0.3 is 26.2 Å². The zero-order chi connectivity index (χ0) is 19.9. The number of hydrogen-bond acceptors (Lipinski definition) is 5. The topological polar surface area (TPSA) is 103 Å². The van der Waals surface area contributed by atoms with Gasteiger partial charge in [0.2, 0.25) is 0 Å². The number of nitrogen functional groups attached to an aromatic ring is 1. The molecule has 0 bridgehead atoms. The molecule has 0 amide bonds. The minimum atomic E-state index is -0.0176. The van der Waals surface area contributed by atoms with Crippen molar-refractivity contribution in [3.8, 4) is 11.5 Å². The van der Waals surface area contributed by atoms with Crippen molar-refractivity contribution in [1.82, 2.24) is 5.32 Å². The first-order chi connectivity index (χ1) is 13.5. The number of anilines is 1. The lowest BCUT2D eigenvalue weighted by molar-refractivity contribution is 0.162. The van der Waals surface area contributed by atoms with Gasteiger partial charge in [0.05, 0.1) is 0 Å². The number of rotatable bonds is 7. The lowest BCUT2D eigenvalue weighted by Crippen LogP contribution is -2.34. The normalized spacial score (nSPS) is 15.2. The van der Waals surface area contributed by atoms with E-state index in [1.807, 2.05) is 37.3 Å². The van der Waals surface area contributed by atoms with Crippen LogP contribution in [0.25, 0.3) is 6.08 Å². The van der Waals surface area contributed by atoms with E-state index in [4.69, 9.17) is 15.9 Å². The second-order valence-corrected chi connectivity index (χ2v) is 7.13. The second kappa shape index (κ2) is 9.28. The van der Waals surface area contributed by atoms with E-state index >= 15 is 0 Å². The smallest absolute Gasteiger partial charge is 0.122 e. The third-order valence-electron chi connectivity index (χ3n) is 4.73. The van der Waals surface area contributed by atoms with E-state index < -0.39 is 0 Å². The first kappa shape index (κ1) is 19.8. The third kappa shape index (κ3) is 5.50. The van der Waals surface area contributed by atoms with Crippen molar-refractivity contribution in [2.24, 2.45) is 5.73 Å². The monoisotopic (exact) mass is 380 g/mol. The molecule has 6 N–H and O–H groups in total. The summed E-state index contributed by atoms with van der Waals surface area (Å²) in [7, 11) is 0. The largest absolute Gasteiger partial charge is 0.507 e. The summed E-state index contributed by atoms with van der Waals surface area (Å²) in [6, 6.07) is 12.9. The van der Waals surface area contributed by atoms with E-state index in [1.165, 1.54) is 0 Å². The third-order valence-corrected chi connectivity index (χ3v) is 4.73. The molecule has 1 aliphatic heterocycles. The van der Waals surface area contributed by atoms with Crippen LogP contribution in [0.2, 0.25) is 0 Å². The van der Waals surface area contributed by atoms with Gasteiger partial charge in [0, 0.05) is 29.4 Å². The molecule has 28 heavy (non-hydrogen) atoms. The molecule has 1 aliphatic rings. The highest BCUT2D eigenvalue weighted by atomic mass is 16.5. The molecule has 2 aromatic rings. The molecule has 0 spiro atoms. The molecule has 0 aromatic heterocycles. The fourth-order valence-electron chi connectivity index (χ4n) is 3.18. The van der Waals surface area contributed by atoms with Crippen LogP contribution in [-0.4, -0.2) is 36.7 Å². The maximum atomic E-state index is 10.0. The van der Waals surface area contributed by atoms with Gasteiger partial charge in [0.1, 0.15) is 23.4 Å². The van der Waals surface area contributed by atoms with Gasteiger partial charge in [-0.25, -0.2) is 0 Å². The van der Waals surface area contributed by atoms with E-state index in [2.05, 4.69) is 10.6 Å². The quantitative estimate of drug-likeness (QED) is 0.374. The molecule has 3 rings (SSSR count). The number of nitrogens with one attached hydrogen (secondary N) is 3. The van der Waals surface area contributed by atoms with E-state index in [0.717, 1.165) is 42.9 Å². The summed E-state index contributed by atoms with van der Waals surface area (Å²) >= 11 is 0. The van der Waals surface area contributed by atoms with Gasteiger partial charge in [-0.3, -0.25) is 5.41 Å². The maximum absolute atomic E-state index is 10.0. The molecule has 6 nitrogen and oxygen atoms in total. The first-order valence-corrected chi connectivity index (χ1v) is 9.57. The van der Waals surface area contributed by atoms with Gasteiger partial charge in [-0.1, -0.05) is 17.7 Å². The van der Waals surface area contributed by atoms with Crippen molar-refractivity contribution in [2.45, 2.75) is 25.9 Å². The molecule has 0 atom stereocenters. The number of hydrogen-bond donors (Lipinski definition) is 5. The van der Waals surface area contributed by atoms with Crippen molar-refractivity contribution in [1.29, 1.82) is 5.41 Å². The highest BCUT2D eigenvalue weighted by molar-refractivity contribution is 5.95. The summed E-state index contributed by atoms with van der Waals surface area (Å²) in [5.41, 5.74) is 8.80. The summed E-state index contributed by atoms with van der Waals surface area (Å²) in [6.07, 6.45) is 4.23. The summed E-state index contributed by atoms with van der Waals surface area (Å²) < 4.78 is 6.09. The highest BCUT2D eigenvalue weighted by Crippen LogP contribution is 2.23. The summed E-state index contributed by atoms with van der Waals surface area (Å²) in [5, 5.41) is 24.3. The average molecular weight is 380 g/mol. The second-order valence-electron chi connectivity index (χ2n) is 7.13. The number of benzene rings is 2. The Hall–Kier alpha value is -2.99. The van der Waals surface area contributed by atoms with Crippen molar-refractivity contribution in [3.63, 3.8) is 0 Å². The van der Waals surface area contributed by atoms with E-state index in [1.54, 1.807) is 18.2 Å². The number of aromatic hydroxyl groups is 1. The van der Waals surface area contributed by atoms with Crippen LogP contribution >= 0.6 is 0 Å². The van der Waals surface area contributed by atoms with Crippen LogP contribution in [0, 0.1) is 5.41 Å². The summed E-state index contributed by atoms with van der Waals surface area (Å²) in [5.74, 6) is 1.03. The molecule has 2 aromatic carbocycles. The Morgan fingerprint density at radius 2 is 2.07 bits per heavy atom. The Morgan fingerprint density at radius 3 is 2.82 bits per heavy atom. The molecule has 148 valence electrons. The fourth-order valence-corrected chi connectivity index (χ4v) is 3.18. The molecule has 0 radical (unpaired) electrons. The summed E-state index contributed by atoms with van der Waals surface area (Å²) in [6.45, 7) is 4.62. The Kier molecular flexibility index (Phi) is 6.55. The van der Waals surface area contributed by atoms with Gasteiger partial charge in [-0.15, -0.1) is 0 Å². The zero-order valence-electron chi connectivity index (χ0n) is 16.2. The number of amidine groups is 1. The van der Waals surface area contributed by atoms with Crippen LogP contribution in [0.1, 0.15) is 30.9 Å². The van der Waals surface area contributed by atoms with Crippen molar-refractivity contribution >= 4 is 17.6 Å². The number of phenols is 1. The molecule has 1 saturated heterocycles. The summed E-state index contributed by atoms with van der Waals surface area (Å²) in [4.78, 5) is 0. The molecule has 6 heteroatoms. The van der Waals surface area contributed by atoms with Crippen LogP contribution in [-0.2, 0) is 0 Å². The molecule has 0 unspecified atom stereocenters. The molecule has 0 saturated carbocycles. The van der Waals surface area contributed by atoms with Gasteiger partial charge in [-0.2, -0.15) is 0 Å². The minimum absolute atomic E-state index is 0.0176. The predicted molar refractivity (Wildman–Crippen MR) is 114 cm³/mol. The number of piperidine rings is 1. The van der Waals surface area contributed by atoms with Crippen LogP contribution in [0.4, 0.5) is 5.69 Å². The Labute approximate surface area is 165 Å². The van der Waals surface area contributed by atoms with Gasteiger partial charge in [0.25, 0.3) is 0 Å². The molecule has 1 heterocycles. The fraction of sp³-hybridized carbons (Fsp3) is 0.318. The predicted octanol–water partition coefficient (Wildman–Crippen LogP) is 3.32. The lowest BCUT2D eigenvalue weighted by Gasteiger charge is -2.24. The van der Waals surface area contributed by atoms with Crippen molar-refractivity contribution < 1.29 is 9.84 Å². The highest BCUT2D eigenvalue weighted by Gasteiger charge is 2.14. The van der Waals surface area contributed by atoms with Crippen LogP contribution in [0.15, 0.2) is 48.0 Å². The van der Waals surface area contributed by atoms with Gasteiger partial charge in [-0.05, 0) is 63.2 Å². The maximum Gasteiger partial charge on any atom is 0.122 e. The first-order valence-electron chi connectivity index (χ1n) is 9.57. The minimum Gasteiger partial charge on any atom is -0.507 e. The lowest BCUT2D eigenvalue weighted by atomic mass is 10.1. The average Bonchev–Trinajstić information content (AvgIpc) is 2.69. The van der Waals surface area contributed by atoms with Crippen LogP contribution < -0.4 is 21.1 Å². The van der Waals surface area contributed by atoms with E-state index in [9.17, 15) is 5.11 Å². The van der Waals surface area contributed by atoms with Crippen molar-refractivity contribution in [2.75, 3.05) is 25.0 Å². The number of nitrogens with two attached hydrogens (primary N) is 1. The zero-order valence-corrected chi connectivity index (χ0v) is 16.2. The molecule has 0 aliphatic carbocycles. The molecule has 1 fully saturated rings. The number of ether oxygens (including phenoxy) is 1. The Balaban J connectivity index is 1.62. The Bertz CT molecular complexity index is 857. The Morgan fingerprint density at radius 1 is 1.29 bits per heavy atom. The van der Waals surface area contributed by atoms with E-state index in [0.29, 0.717) is 17.7 Å². The molecular formula is C22H28N4O2. The van der Waals surface area contributed by atoms with Gasteiger partial charge >= 0.3 is 0 Å². The van der Waals surface area contributed by atoms with Crippen LogP contribution in [0.3, 0.4) is 0 Å².